The summed E-state index contributed by atoms with van der Waals surface area (Å²) in [4.78, 5) is 18.1. The molecule has 1 atom stereocenters. The summed E-state index contributed by atoms with van der Waals surface area (Å²) in [6.07, 6.45) is 0.602. The highest BCUT2D eigenvalue weighted by atomic mass is 16.4. The molecule has 1 saturated heterocycles. The molecular formula is C16H21N3O2. The van der Waals surface area contributed by atoms with Crippen molar-refractivity contribution in [1.82, 2.24) is 4.98 Å². The highest BCUT2D eigenvalue weighted by Crippen LogP contribution is 2.41. The molecule has 21 heavy (non-hydrogen) atoms. The number of hydrogen-bond donors (Lipinski definition) is 1. The second-order valence-corrected chi connectivity index (χ2v) is 6.14. The lowest BCUT2D eigenvalue weighted by atomic mass is 9.76. The zero-order valence-corrected chi connectivity index (χ0v) is 13.0. The Labute approximate surface area is 125 Å². The van der Waals surface area contributed by atoms with Crippen molar-refractivity contribution in [1.29, 1.82) is 5.26 Å². The number of hydrogen-bond acceptors (Lipinski definition) is 4. The van der Waals surface area contributed by atoms with Gasteiger partial charge in [0.25, 0.3) is 0 Å². The number of nitrogens with zero attached hydrogens (tertiary/aromatic N) is 3. The molecule has 0 bridgehead atoms. The Balaban J connectivity index is 2.43. The van der Waals surface area contributed by atoms with E-state index < -0.39 is 11.4 Å². The zero-order chi connectivity index (χ0) is 15.8. The van der Waals surface area contributed by atoms with E-state index in [4.69, 9.17) is 0 Å². The van der Waals surface area contributed by atoms with Gasteiger partial charge in [-0.25, -0.2) is 0 Å². The zero-order valence-electron chi connectivity index (χ0n) is 13.0. The summed E-state index contributed by atoms with van der Waals surface area (Å²) >= 11 is 0. The van der Waals surface area contributed by atoms with Crippen molar-refractivity contribution in [2.75, 3.05) is 18.0 Å². The molecule has 0 spiro atoms. The predicted octanol–water partition coefficient (Wildman–Crippen LogP) is 2.51. The number of aliphatic carboxylic acids is 1. The molecule has 5 nitrogen and oxygen atoms in total. The molecule has 1 fully saturated rings. The third kappa shape index (κ3) is 2.46. The maximum Gasteiger partial charge on any atom is 0.311 e. The minimum Gasteiger partial charge on any atom is -0.481 e. The van der Waals surface area contributed by atoms with Gasteiger partial charge in [0.2, 0.25) is 0 Å². The summed E-state index contributed by atoms with van der Waals surface area (Å²) in [6, 6.07) is 4.08. The first-order chi connectivity index (χ1) is 9.81. The third-order valence-electron chi connectivity index (χ3n) is 4.59. The minimum atomic E-state index is -0.749. The highest BCUT2D eigenvalue weighted by Gasteiger charge is 2.47. The molecule has 2 rings (SSSR count). The molecule has 0 saturated carbocycles. The van der Waals surface area contributed by atoms with Crippen LogP contribution >= 0.6 is 0 Å². The van der Waals surface area contributed by atoms with Crippen LogP contribution in [0.25, 0.3) is 0 Å². The Kier molecular flexibility index (Phi) is 3.91. The Bertz CT molecular complexity index is 619. The van der Waals surface area contributed by atoms with Crippen LogP contribution < -0.4 is 4.90 Å². The van der Waals surface area contributed by atoms with E-state index in [1.165, 1.54) is 0 Å². The number of rotatable bonds is 3. The predicted molar refractivity (Wildman–Crippen MR) is 80.2 cm³/mol. The fourth-order valence-corrected chi connectivity index (χ4v) is 3.13. The summed E-state index contributed by atoms with van der Waals surface area (Å²) in [6.45, 7) is 8.70. The number of aryl methyl sites for hydroxylation is 2. The van der Waals surface area contributed by atoms with Gasteiger partial charge in [-0.2, -0.15) is 5.26 Å². The van der Waals surface area contributed by atoms with Crippen molar-refractivity contribution in [3.63, 3.8) is 0 Å². The van der Waals surface area contributed by atoms with Gasteiger partial charge in [0.05, 0.1) is 22.4 Å². The van der Waals surface area contributed by atoms with Crippen molar-refractivity contribution >= 4 is 11.7 Å². The normalized spacial score (nSPS) is 21.6. The lowest BCUT2D eigenvalue weighted by Crippen LogP contribution is -2.39. The molecule has 0 amide bonds. The second kappa shape index (κ2) is 5.36. The molecule has 5 heteroatoms. The van der Waals surface area contributed by atoms with E-state index >= 15 is 0 Å². The molecule has 1 aromatic heterocycles. The van der Waals surface area contributed by atoms with Gasteiger partial charge in [-0.15, -0.1) is 0 Å². The fourth-order valence-electron chi connectivity index (χ4n) is 3.13. The number of carboxylic acid groups (broad SMARTS) is 1. The molecule has 1 N–H and O–H groups in total. The molecule has 1 unspecified atom stereocenters. The molecule has 1 aliphatic heterocycles. The fraction of sp³-hybridized carbons (Fsp3) is 0.562. The van der Waals surface area contributed by atoms with E-state index in [1.54, 1.807) is 0 Å². The number of pyridine rings is 1. The van der Waals surface area contributed by atoms with Crippen molar-refractivity contribution in [2.45, 2.75) is 34.1 Å². The van der Waals surface area contributed by atoms with Gasteiger partial charge in [0.15, 0.2) is 0 Å². The second-order valence-electron chi connectivity index (χ2n) is 6.14. The van der Waals surface area contributed by atoms with Crippen molar-refractivity contribution < 1.29 is 9.90 Å². The van der Waals surface area contributed by atoms with Gasteiger partial charge in [0.1, 0.15) is 6.07 Å². The number of carbonyl (C=O) groups is 1. The SMILES string of the molecule is Cc1cc(N2CCC(C(=O)O)(C(C)C)C2)c(C#N)c(C)n1. The highest BCUT2D eigenvalue weighted by molar-refractivity contribution is 5.77. The summed E-state index contributed by atoms with van der Waals surface area (Å²) in [5.74, 6) is -0.699. The molecule has 1 aromatic rings. The van der Waals surface area contributed by atoms with Crippen LogP contribution in [0.15, 0.2) is 6.07 Å². The average Bonchev–Trinajstić information content (AvgIpc) is 2.84. The van der Waals surface area contributed by atoms with E-state index in [2.05, 4.69) is 11.1 Å². The molecule has 0 aliphatic carbocycles. The van der Waals surface area contributed by atoms with Crippen LogP contribution in [0.4, 0.5) is 5.69 Å². The van der Waals surface area contributed by atoms with E-state index in [1.807, 2.05) is 38.7 Å². The molecule has 0 radical (unpaired) electrons. The van der Waals surface area contributed by atoms with Crippen molar-refractivity contribution in [2.24, 2.45) is 11.3 Å². The molecule has 0 aromatic carbocycles. The van der Waals surface area contributed by atoms with Gasteiger partial charge < -0.3 is 10.0 Å². The van der Waals surface area contributed by atoms with Crippen LogP contribution in [0.2, 0.25) is 0 Å². The smallest absolute Gasteiger partial charge is 0.311 e. The number of anilines is 1. The van der Waals surface area contributed by atoms with E-state index in [0.717, 1.165) is 11.4 Å². The Morgan fingerprint density at radius 2 is 2.19 bits per heavy atom. The molecule has 2 heterocycles. The Morgan fingerprint density at radius 1 is 1.52 bits per heavy atom. The Morgan fingerprint density at radius 3 is 2.67 bits per heavy atom. The van der Waals surface area contributed by atoms with Crippen molar-refractivity contribution in [3.8, 4) is 6.07 Å². The van der Waals surface area contributed by atoms with Crippen molar-refractivity contribution in [3.05, 3.63) is 23.0 Å². The topological polar surface area (TPSA) is 77.2 Å². The summed E-state index contributed by atoms with van der Waals surface area (Å²) in [5, 5.41) is 19.0. The van der Waals surface area contributed by atoms with Crippen LogP contribution in [0.5, 0.6) is 0 Å². The van der Waals surface area contributed by atoms with E-state index in [0.29, 0.717) is 30.8 Å². The standard InChI is InChI=1S/C16H21N3O2/c1-10(2)16(15(20)21)5-6-19(9-16)14-7-11(3)18-12(4)13(14)8-17/h7,10H,5-6,9H2,1-4H3,(H,20,21). The summed E-state index contributed by atoms with van der Waals surface area (Å²) < 4.78 is 0. The number of nitriles is 1. The molecule has 1 aliphatic rings. The van der Waals surface area contributed by atoms with E-state index in [-0.39, 0.29) is 5.92 Å². The first-order valence-electron chi connectivity index (χ1n) is 7.18. The third-order valence-corrected chi connectivity index (χ3v) is 4.59. The first-order valence-corrected chi connectivity index (χ1v) is 7.18. The van der Waals surface area contributed by atoms with Gasteiger partial charge in [-0.05, 0) is 32.3 Å². The largest absolute Gasteiger partial charge is 0.481 e. The number of carboxylic acids is 1. The van der Waals surface area contributed by atoms with Crippen LogP contribution in [0, 0.1) is 36.5 Å². The number of aromatic nitrogens is 1. The van der Waals surface area contributed by atoms with Gasteiger partial charge >= 0.3 is 5.97 Å². The average molecular weight is 287 g/mol. The molecule has 112 valence electrons. The summed E-state index contributed by atoms with van der Waals surface area (Å²) in [7, 11) is 0. The minimum absolute atomic E-state index is 0.0505. The van der Waals surface area contributed by atoms with Crippen LogP contribution in [0.3, 0.4) is 0 Å². The van der Waals surface area contributed by atoms with Gasteiger partial charge in [-0.3, -0.25) is 9.78 Å². The van der Waals surface area contributed by atoms with Crippen LogP contribution in [-0.2, 0) is 4.79 Å². The van der Waals surface area contributed by atoms with Gasteiger partial charge in [0, 0.05) is 18.8 Å². The summed E-state index contributed by atoms with van der Waals surface area (Å²) in [5.41, 5.74) is 2.17. The Hall–Kier alpha value is -2.09. The first kappa shape index (κ1) is 15.3. The monoisotopic (exact) mass is 287 g/mol. The van der Waals surface area contributed by atoms with Gasteiger partial charge in [-0.1, -0.05) is 13.8 Å². The maximum absolute atomic E-state index is 11.7. The van der Waals surface area contributed by atoms with Crippen LogP contribution in [-0.4, -0.2) is 29.1 Å². The molecular weight excluding hydrogens is 266 g/mol. The maximum atomic E-state index is 11.7. The van der Waals surface area contributed by atoms with E-state index in [9.17, 15) is 15.2 Å². The van der Waals surface area contributed by atoms with Crippen LogP contribution in [0.1, 0.15) is 37.2 Å². The quantitative estimate of drug-likeness (QED) is 0.924. The lowest BCUT2D eigenvalue weighted by molar-refractivity contribution is -0.150. The lowest BCUT2D eigenvalue weighted by Gasteiger charge is -2.29.